The van der Waals surface area contributed by atoms with Crippen molar-refractivity contribution < 1.29 is 9.53 Å². The molecule has 0 radical (unpaired) electrons. The van der Waals surface area contributed by atoms with Crippen molar-refractivity contribution in [3.05, 3.63) is 100.0 Å². The van der Waals surface area contributed by atoms with Crippen molar-refractivity contribution in [1.29, 1.82) is 0 Å². The third-order valence-electron chi connectivity index (χ3n) is 4.77. The molecular weight excluding hydrogens is 410 g/mol. The summed E-state index contributed by atoms with van der Waals surface area (Å²) in [7, 11) is 0. The molecule has 1 saturated heterocycles. The van der Waals surface area contributed by atoms with Gasteiger partial charge in [0.15, 0.2) is 4.32 Å². The highest BCUT2D eigenvalue weighted by Gasteiger charge is 2.33. The molecule has 0 bridgehead atoms. The number of thiocarbonyl (C=S) groups is 1. The van der Waals surface area contributed by atoms with Crippen molar-refractivity contribution >= 4 is 46.0 Å². The first-order chi connectivity index (χ1) is 14.5. The topological polar surface area (TPSA) is 29.5 Å². The minimum absolute atomic E-state index is 0.0974. The second-order valence-corrected chi connectivity index (χ2v) is 8.88. The number of ether oxygens (including phenoxy) is 1. The SMILES string of the molecule is Cc1ccc(COc2cccc(/C=C3\SC(=S)N(c4ccc(C)cc4)C3=O)c2)cc1. The van der Waals surface area contributed by atoms with Crippen molar-refractivity contribution in [2.24, 2.45) is 0 Å². The summed E-state index contributed by atoms with van der Waals surface area (Å²) in [6.07, 6.45) is 1.87. The van der Waals surface area contributed by atoms with Crippen LogP contribution in [0.4, 0.5) is 5.69 Å². The molecule has 150 valence electrons. The Balaban J connectivity index is 1.49. The molecule has 0 aromatic heterocycles. The number of anilines is 1. The normalized spacial score (nSPS) is 15.1. The summed E-state index contributed by atoms with van der Waals surface area (Å²) in [4.78, 5) is 15.1. The monoisotopic (exact) mass is 431 g/mol. The van der Waals surface area contributed by atoms with E-state index in [1.54, 1.807) is 4.90 Å². The smallest absolute Gasteiger partial charge is 0.270 e. The first-order valence-electron chi connectivity index (χ1n) is 9.63. The molecule has 3 aromatic rings. The van der Waals surface area contributed by atoms with Gasteiger partial charge in [-0.2, -0.15) is 0 Å². The molecule has 3 nitrogen and oxygen atoms in total. The van der Waals surface area contributed by atoms with Gasteiger partial charge in [0.1, 0.15) is 12.4 Å². The molecule has 0 spiro atoms. The van der Waals surface area contributed by atoms with E-state index in [1.807, 2.05) is 61.5 Å². The summed E-state index contributed by atoms with van der Waals surface area (Å²) in [5.74, 6) is 0.665. The first kappa shape index (κ1) is 20.4. The van der Waals surface area contributed by atoms with E-state index < -0.39 is 0 Å². The lowest BCUT2D eigenvalue weighted by atomic mass is 10.1. The van der Waals surface area contributed by atoms with Crippen LogP contribution in [0.25, 0.3) is 6.08 Å². The van der Waals surface area contributed by atoms with Gasteiger partial charge in [-0.25, -0.2) is 0 Å². The van der Waals surface area contributed by atoms with Crippen LogP contribution in [0.1, 0.15) is 22.3 Å². The molecule has 3 aromatic carbocycles. The van der Waals surface area contributed by atoms with E-state index >= 15 is 0 Å². The minimum atomic E-state index is -0.0974. The van der Waals surface area contributed by atoms with Crippen LogP contribution in [0.5, 0.6) is 5.75 Å². The summed E-state index contributed by atoms with van der Waals surface area (Å²) in [5, 5.41) is 0. The number of benzene rings is 3. The van der Waals surface area contributed by atoms with Crippen LogP contribution >= 0.6 is 24.0 Å². The molecule has 1 amide bonds. The van der Waals surface area contributed by atoms with Crippen LogP contribution in [-0.2, 0) is 11.4 Å². The number of rotatable bonds is 5. The predicted molar refractivity (Wildman–Crippen MR) is 129 cm³/mol. The molecule has 1 fully saturated rings. The number of thioether (sulfide) groups is 1. The highest BCUT2D eigenvalue weighted by atomic mass is 32.2. The maximum atomic E-state index is 12.9. The van der Waals surface area contributed by atoms with Gasteiger partial charge in [-0.1, -0.05) is 83.6 Å². The Morgan fingerprint density at radius 3 is 2.33 bits per heavy atom. The van der Waals surface area contributed by atoms with Crippen molar-refractivity contribution in [3.8, 4) is 5.75 Å². The molecule has 0 saturated carbocycles. The van der Waals surface area contributed by atoms with Crippen LogP contribution in [0.3, 0.4) is 0 Å². The third-order valence-corrected chi connectivity index (χ3v) is 6.07. The summed E-state index contributed by atoms with van der Waals surface area (Å²) in [5.41, 5.74) is 5.18. The highest BCUT2D eigenvalue weighted by molar-refractivity contribution is 8.27. The van der Waals surface area contributed by atoms with Gasteiger partial charge >= 0.3 is 0 Å². The first-order valence-corrected chi connectivity index (χ1v) is 10.8. The number of nitrogens with zero attached hydrogens (tertiary/aromatic N) is 1. The van der Waals surface area contributed by atoms with Crippen LogP contribution in [0.15, 0.2) is 77.7 Å². The Kier molecular flexibility index (Phi) is 6.02. The Morgan fingerprint density at radius 2 is 1.63 bits per heavy atom. The van der Waals surface area contributed by atoms with Gasteiger partial charge in [-0.15, -0.1) is 0 Å². The number of amides is 1. The molecule has 1 aliphatic rings. The van der Waals surface area contributed by atoms with E-state index in [2.05, 4.69) is 31.2 Å². The largest absolute Gasteiger partial charge is 0.489 e. The molecule has 4 rings (SSSR count). The number of carbonyl (C=O) groups excluding carboxylic acids is 1. The summed E-state index contributed by atoms with van der Waals surface area (Å²) in [6, 6.07) is 23.8. The number of hydrogen-bond acceptors (Lipinski definition) is 4. The lowest BCUT2D eigenvalue weighted by molar-refractivity contribution is -0.113. The fourth-order valence-corrected chi connectivity index (χ4v) is 4.38. The van der Waals surface area contributed by atoms with Crippen LogP contribution in [-0.4, -0.2) is 10.2 Å². The van der Waals surface area contributed by atoms with Crippen molar-refractivity contribution in [2.75, 3.05) is 4.90 Å². The second-order valence-electron chi connectivity index (χ2n) is 7.20. The molecule has 1 heterocycles. The zero-order valence-corrected chi connectivity index (χ0v) is 18.4. The summed E-state index contributed by atoms with van der Waals surface area (Å²) < 4.78 is 6.47. The molecule has 0 aliphatic carbocycles. The van der Waals surface area contributed by atoms with Crippen molar-refractivity contribution in [1.82, 2.24) is 0 Å². The Morgan fingerprint density at radius 1 is 0.967 bits per heavy atom. The fourth-order valence-electron chi connectivity index (χ4n) is 3.08. The van der Waals surface area contributed by atoms with E-state index in [0.29, 0.717) is 15.8 Å². The van der Waals surface area contributed by atoms with Crippen LogP contribution < -0.4 is 9.64 Å². The quantitative estimate of drug-likeness (QED) is 0.351. The number of aryl methyl sites for hydroxylation is 2. The van der Waals surface area contributed by atoms with E-state index in [9.17, 15) is 4.79 Å². The zero-order chi connectivity index (χ0) is 21.1. The number of carbonyl (C=O) groups is 1. The second kappa shape index (κ2) is 8.86. The average Bonchev–Trinajstić information content (AvgIpc) is 3.02. The van der Waals surface area contributed by atoms with Crippen LogP contribution in [0.2, 0.25) is 0 Å². The van der Waals surface area contributed by atoms with E-state index in [4.69, 9.17) is 17.0 Å². The molecule has 0 atom stereocenters. The van der Waals surface area contributed by atoms with Crippen molar-refractivity contribution in [2.45, 2.75) is 20.5 Å². The minimum Gasteiger partial charge on any atom is -0.489 e. The van der Waals surface area contributed by atoms with Gasteiger partial charge in [0, 0.05) is 0 Å². The molecule has 5 heteroatoms. The average molecular weight is 432 g/mol. The highest BCUT2D eigenvalue weighted by Crippen LogP contribution is 2.36. The third kappa shape index (κ3) is 4.64. The van der Waals surface area contributed by atoms with E-state index in [0.717, 1.165) is 28.1 Å². The Hall–Kier alpha value is -2.89. The maximum absolute atomic E-state index is 12.9. The van der Waals surface area contributed by atoms with Gasteiger partial charge in [0.05, 0.1) is 10.6 Å². The molecule has 1 aliphatic heterocycles. The molecule has 0 N–H and O–H groups in total. The molecular formula is C25H21NO2S2. The zero-order valence-electron chi connectivity index (χ0n) is 16.8. The fraction of sp³-hybridized carbons (Fsp3) is 0.120. The van der Waals surface area contributed by atoms with Gasteiger partial charge in [0.25, 0.3) is 5.91 Å². The lowest BCUT2D eigenvalue weighted by Gasteiger charge is -2.14. The number of hydrogen-bond donors (Lipinski definition) is 0. The molecule has 0 unspecified atom stereocenters. The van der Waals surface area contributed by atoms with Gasteiger partial charge < -0.3 is 4.74 Å². The maximum Gasteiger partial charge on any atom is 0.270 e. The Labute approximate surface area is 186 Å². The van der Waals surface area contributed by atoms with E-state index in [-0.39, 0.29) is 5.91 Å². The van der Waals surface area contributed by atoms with Crippen LogP contribution in [0, 0.1) is 13.8 Å². The van der Waals surface area contributed by atoms with Crippen molar-refractivity contribution in [3.63, 3.8) is 0 Å². The Bertz CT molecular complexity index is 1120. The molecule has 30 heavy (non-hydrogen) atoms. The summed E-state index contributed by atoms with van der Waals surface area (Å²) in [6.45, 7) is 4.58. The predicted octanol–water partition coefficient (Wildman–Crippen LogP) is 6.29. The van der Waals surface area contributed by atoms with Gasteiger partial charge in [0.2, 0.25) is 0 Å². The van der Waals surface area contributed by atoms with Gasteiger partial charge in [-0.05, 0) is 55.3 Å². The van der Waals surface area contributed by atoms with E-state index in [1.165, 1.54) is 17.3 Å². The van der Waals surface area contributed by atoms with Gasteiger partial charge in [-0.3, -0.25) is 9.69 Å². The summed E-state index contributed by atoms with van der Waals surface area (Å²) >= 11 is 6.78. The lowest BCUT2D eigenvalue weighted by Crippen LogP contribution is -2.27. The standard InChI is InChI=1S/C25H21NO2S2/c1-17-6-10-19(11-7-17)16-28-22-5-3-4-20(14-22)15-23-24(27)26(25(29)30-23)21-12-8-18(2)9-13-21/h3-15H,16H2,1-2H3/b23-15-.